The molecule has 1 aromatic carbocycles. The van der Waals surface area contributed by atoms with Crippen LogP contribution >= 0.6 is 0 Å². The van der Waals surface area contributed by atoms with Gasteiger partial charge in [0.2, 0.25) is 17.7 Å². The Morgan fingerprint density at radius 3 is 2.60 bits per heavy atom. The number of carbonyl (C=O) groups is 3. The Hall–Kier alpha value is -2.48. The number of rotatable bonds is 3. The summed E-state index contributed by atoms with van der Waals surface area (Å²) in [6.07, 6.45) is 0. The van der Waals surface area contributed by atoms with Crippen molar-refractivity contribution in [3.63, 3.8) is 0 Å². The Kier molecular flexibility index (Phi) is 3.94. The summed E-state index contributed by atoms with van der Waals surface area (Å²) >= 11 is 0. The first kappa shape index (κ1) is 13.9. The molecular weight excluding hydrogens is 267 g/mol. The number of nitrogen functional groups attached to an aromatic ring is 1. The summed E-state index contributed by atoms with van der Waals surface area (Å²) in [5.74, 6) is -1.84. The number of anilines is 2. The van der Waals surface area contributed by atoms with Crippen LogP contribution in [0.25, 0.3) is 0 Å². The van der Waals surface area contributed by atoms with Gasteiger partial charge in [-0.3, -0.25) is 24.6 Å². The first-order chi connectivity index (χ1) is 9.44. The van der Waals surface area contributed by atoms with Gasteiger partial charge in [0.15, 0.2) is 0 Å². The van der Waals surface area contributed by atoms with Crippen LogP contribution in [0.5, 0.6) is 0 Å². The molecule has 7 nitrogen and oxygen atoms in total. The third kappa shape index (κ3) is 3.51. The number of hydrogen-bond donors (Lipinski definition) is 3. The minimum Gasteiger partial charge on any atom is -0.397 e. The van der Waals surface area contributed by atoms with Gasteiger partial charge in [-0.1, -0.05) is 0 Å². The van der Waals surface area contributed by atoms with E-state index in [9.17, 15) is 18.8 Å². The molecular formula is C12H13FN4O3. The molecule has 106 valence electrons. The van der Waals surface area contributed by atoms with Gasteiger partial charge in [-0.25, -0.2) is 4.39 Å². The number of nitrogens with one attached hydrogen (secondary N) is 2. The van der Waals surface area contributed by atoms with Gasteiger partial charge in [-0.15, -0.1) is 0 Å². The van der Waals surface area contributed by atoms with Crippen molar-refractivity contribution in [1.29, 1.82) is 0 Å². The molecule has 1 aliphatic rings. The molecule has 8 heteroatoms. The molecule has 0 spiro atoms. The maximum absolute atomic E-state index is 12.9. The average Bonchev–Trinajstić information content (AvgIpc) is 2.31. The van der Waals surface area contributed by atoms with E-state index < -0.39 is 23.5 Å². The van der Waals surface area contributed by atoms with Crippen LogP contribution in [0.3, 0.4) is 0 Å². The number of nitrogens with two attached hydrogens (primary N) is 1. The zero-order valence-electron chi connectivity index (χ0n) is 10.5. The molecule has 0 bridgehead atoms. The molecule has 3 amide bonds. The highest BCUT2D eigenvalue weighted by molar-refractivity contribution is 6.01. The zero-order chi connectivity index (χ0) is 14.7. The van der Waals surface area contributed by atoms with E-state index >= 15 is 0 Å². The topological polar surface area (TPSA) is 105 Å². The lowest BCUT2D eigenvalue weighted by molar-refractivity contribution is -0.136. The third-order valence-electron chi connectivity index (χ3n) is 2.67. The van der Waals surface area contributed by atoms with Crippen LogP contribution in [0, 0.1) is 5.82 Å². The van der Waals surface area contributed by atoms with Crippen molar-refractivity contribution in [2.75, 3.05) is 30.7 Å². The lowest BCUT2D eigenvalue weighted by Gasteiger charge is -2.24. The van der Waals surface area contributed by atoms with E-state index in [-0.39, 0.29) is 31.0 Å². The molecule has 4 N–H and O–H groups in total. The quantitative estimate of drug-likeness (QED) is 0.502. The number of imide groups is 1. The summed E-state index contributed by atoms with van der Waals surface area (Å²) in [6, 6.07) is 3.61. The fraction of sp³-hybridized carbons (Fsp3) is 0.250. The van der Waals surface area contributed by atoms with Crippen LogP contribution in [0.4, 0.5) is 15.8 Å². The largest absolute Gasteiger partial charge is 0.397 e. The Balaban J connectivity index is 1.95. The van der Waals surface area contributed by atoms with Crippen molar-refractivity contribution >= 4 is 29.1 Å². The molecule has 1 saturated heterocycles. The molecule has 2 rings (SSSR count). The minimum absolute atomic E-state index is 0.0297. The van der Waals surface area contributed by atoms with Crippen LogP contribution in [0.15, 0.2) is 18.2 Å². The van der Waals surface area contributed by atoms with E-state index in [2.05, 4.69) is 10.6 Å². The van der Waals surface area contributed by atoms with E-state index in [1.807, 2.05) is 0 Å². The first-order valence-corrected chi connectivity index (χ1v) is 5.84. The molecule has 20 heavy (non-hydrogen) atoms. The van der Waals surface area contributed by atoms with Crippen LogP contribution in [0.2, 0.25) is 0 Å². The molecule has 1 heterocycles. The molecule has 0 atom stereocenters. The lowest BCUT2D eigenvalue weighted by Crippen LogP contribution is -2.53. The number of hydrogen-bond acceptors (Lipinski definition) is 5. The summed E-state index contributed by atoms with van der Waals surface area (Å²) in [6.45, 7) is -0.188. The Labute approximate surface area is 113 Å². The number of benzene rings is 1. The van der Waals surface area contributed by atoms with Gasteiger partial charge in [0.1, 0.15) is 5.82 Å². The van der Waals surface area contributed by atoms with Crippen molar-refractivity contribution in [2.24, 2.45) is 0 Å². The molecule has 0 aromatic heterocycles. The van der Waals surface area contributed by atoms with Crippen molar-refractivity contribution < 1.29 is 18.8 Å². The predicted octanol–water partition coefficient (Wildman–Crippen LogP) is -0.695. The smallest absolute Gasteiger partial charge is 0.240 e. The SMILES string of the molecule is Nc1cc(F)ccc1NC(=O)CN1CC(=O)NC(=O)C1. The third-order valence-corrected chi connectivity index (χ3v) is 2.67. The second-order valence-corrected chi connectivity index (χ2v) is 4.40. The van der Waals surface area contributed by atoms with Crippen molar-refractivity contribution in [2.45, 2.75) is 0 Å². The maximum atomic E-state index is 12.9. The fourth-order valence-electron chi connectivity index (χ4n) is 1.85. The first-order valence-electron chi connectivity index (χ1n) is 5.84. The number of amides is 3. The molecule has 0 aliphatic carbocycles. The molecule has 1 aliphatic heterocycles. The maximum Gasteiger partial charge on any atom is 0.240 e. The summed E-state index contributed by atoms with van der Waals surface area (Å²) in [7, 11) is 0. The van der Waals surface area contributed by atoms with Crippen LogP contribution in [0.1, 0.15) is 0 Å². The molecule has 1 fully saturated rings. The van der Waals surface area contributed by atoms with E-state index in [1.54, 1.807) is 0 Å². The standard InChI is InChI=1S/C12H13FN4O3/c13-7-1-2-9(8(14)3-7)15-10(18)4-17-5-11(19)16-12(20)6-17/h1-3H,4-6,14H2,(H,15,18)(H,16,19,20). The summed E-state index contributed by atoms with van der Waals surface area (Å²) in [5.41, 5.74) is 5.94. The van der Waals surface area contributed by atoms with Crippen molar-refractivity contribution in [3.8, 4) is 0 Å². The van der Waals surface area contributed by atoms with Gasteiger partial charge in [-0.2, -0.15) is 0 Å². The van der Waals surface area contributed by atoms with Gasteiger partial charge in [0, 0.05) is 0 Å². The second-order valence-electron chi connectivity index (χ2n) is 4.40. The highest BCUT2D eigenvalue weighted by atomic mass is 19.1. The number of nitrogens with zero attached hydrogens (tertiary/aromatic N) is 1. The molecule has 0 radical (unpaired) electrons. The second kappa shape index (κ2) is 5.66. The molecule has 0 saturated carbocycles. The summed E-state index contributed by atoms with van der Waals surface area (Å²) in [4.78, 5) is 35.5. The number of piperazine rings is 1. The molecule has 1 aromatic rings. The summed E-state index contributed by atoms with van der Waals surface area (Å²) < 4.78 is 12.9. The van der Waals surface area contributed by atoms with E-state index in [1.165, 1.54) is 17.0 Å². The predicted molar refractivity (Wildman–Crippen MR) is 69.0 cm³/mol. The Morgan fingerprint density at radius 2 is 2.00 bits per heavy atom. The monoisotopic (exact) mass is 280 g/mol. The van der Waals surface area contributed by atoms with Gasteiger partial charge in [0.05, 0.1) is 31.0 Å². The minimum atomic E-state index is -0.501. The van der Waals surface area contributed by atoms with Gasteiger partial charge >= 0.3 is 0 Å². The highest BCUT2D eigenvalue weighted by Crippen LogP contribution is 2.18. The van der Waals surface area contributed by atoms with Crippen molar-refractivity contribution in [1.82, 2.24) is 10.2 Å². The van der Waals surface area contributed by atoms with Crippen LogP contribution in [-0.4, -0.2) is 42.3 Å². The Bertz CT molecular complexity index is 560. The Morgan fingerprint density at radius 1 is 1.35 bits per heavy atom. The van der Waals surface area contributed by atoms with E-state index in [4.69, 9.17) is 5.73 Å². The summed E-state index contributed by atoms with van der Waals surface area (Å²) in [5, 5.41) is 4.63. The van der Waals surface area contributed by atoms with Gasteiger partial charge in [0.25, 0.3) is 0 Å². The van der Waals surface area contributed by atoms with Gasteiger partial charge in [-0.05, 0) is 18.2 Å². The number of halogens is 1. The van der Waals surface area contributed by atoms with Crippen LogP contribution < -0.4 is 16.4 Å². The zero-order valence-corrected chi connectivity index (χ0v) is 10.5. The van der Waals surface area contributed by atoms with E-state index in [0.29, 0.717) is 0 Å². The van der Waals surface area contributed by atoms with Gasteiger partial charge < -0.3 is 11.1 Å². The average molecular weight is 280 g/mol. The molecule has 0 unspecified atom stereocenters. The van der Waals surface area contributed by atoms with Crippen LogP contribution in [-0.2, 0) is 14.4 Å². The highest BCUT2D eigenvalue weighted by Gasteiger charge is 2.24. The normalized spacial score (nSPS) is 15.8. The van der Waals surface area contributed by atoms with Crippen molar-refractivity contribution in [3.05, 3.63) is 24.0 Å². The number of carbonyl (C=O) groups excluding carboxylic acids is 3. The van der Waals surface area contributed by atoms with E-state index in [0.717, 1.165) is 6.07 Å². The fourth-order valence-corrected chi connectivity index (χ4v) is 1.85. The lowest BCUT2D eigenvalue weighted by atomic mass is 10.2.